The quantitative estimate of drug-likeness (QED) is 0.0344. The molecule has 4 unspecified atom stereocenters. The number of aliphatic carboxylic acids is 3. The predicted octanol–water partition coefficient (Wildman–Crippen LogP) is -8.87. The van der Waals surface area contributed by atoms with Crippen LogP contribution in [0.4, 0.5) is 0 Å². The van der Waals surface area contributed by atoms with Gasteiger partial charge in [0.1, 0.15) is 18.1 Å². The lowest BCUT2D eigenvalue weighted by atomic mass is 10.2. The van der Waals surface area contributed by atoms with Crippen molar-refractivity contribution in [3.63, 3.8) is 0 Å². The van der Waals surface area contributed by atoms with E-state index in [0.717, 1.165) is 12.8 Å². The second-order valence-electron chi connectivity index (χ2n) is 9.76. The van der Waals surface area contributed by atoms with Crippen LogP contribution in [-0.2, 0) is 14.4 Å². The second kappa shape index (κ2) is 31.7. The molecule has 0 spiro atoms. The van der Waals surface area contributed by atoms with Crippen molar-refractivity contribution in [1.29, 1.82) is 0 Å². The van der Waals surface area contributed by atoms with Gasteiger partial charge in [0.15, 0.2) is 11.9 Å². The minimum Gasteiger partial charge on any atom is -0.480 e. The van der Waals surface area contributed by atoms with Crippen LogP contribution in [0.1, 0.15) is 61.1 Å². The third kappa shape index (κ3) is 46.3. The summed E-state index contributed by atoms with van der Waals surface area (Å²) in [6, 6.07) is -2.18. The van der Waals surface area contributed by atoms with Crippen LogP contribution in [0, 0.1) is 0 Å². The molecule has 46 heavy (non-hydrogen) atoms. The molecule has 270 valence electrons. The Hall–Kier alpha value is -4.67. The lowest BCUT2D eigenvalue weighted by molar-refractivity contribution is -0.460. The number of carboxylic acids is 3. The van der Waals surface area contributed by atoms with E-state index >= 15 is 0 Å². The van der Waals surface area contributed by atoms with Crippen LogP contribution < -0.4 is 78.8 Å². The maximum absolute atomic E-state index is 10.2. The zero-order valence-corrected chi connectivity index (χ0v) is 26.7. The Morgan fingerprint density at radius 1 is 0.565 bits per heavy atom. The highest BCUT2D eigenvalue weighted by Gasteiger charge is 2.11. The van der Waals surface area contributed by atoms with Crippen LogP contribution in [-0.4, -0.2) is 107 Å². The minimum absolute atomic E-state index is 0. The molecule has 0 heterocycles. The number of nitrogens with two attached hydrogens (primary N) is 12. The summed E-state index contributed by atoms with van der Waals surface area (Å²) in [7, 11) is 0. The van der Waals surface area contributed by atoms with Gasteiger partial charge in [-0.2, -0.15) is 0 Å². The molecule has 0 aromatic carbocycles. The molecule has 0 aliphatic heterocycles. The SMILES string of the molecule is CC(N)CCCN=C(N)N.NC(N)=NCCCC(N)C(=O)O.NC(N)=[NH+]CCCC(N)C(=O)O.NC(N)=[NH+]CCCC(N)C(=O)O.[H+].[H+]. The number of aliphatic imine (C=N–C) groups is 2. The molecular formula is C24H62N16O6+4. The Morgan fingerprint density at radius 3 is 1.09 bits per heavy atom. The Morgan fingerprint density at radius 2 is 0.848 bits per heavy atom. The number of hydrogen-bond acceptors (Lipinski definition) is 9. The Balaban J connectivity index is -0.000000121. The standard InChI is InChI=1S/3C6H14N4O2.C6H16N4/c3*7-4(5(11)12)2-1-3-10-6(8)9;1-5(7)3-2-4-10-6(8)9/h3*4H,1-3,7H2,(H,11,12)(H4,8,9,10);5H,2-4,7H2,1H3,(H4,8,9,10)/p+4. The van der Waals surface area contributed by atoms with Crippen molar-refractivity contribution in [2.45, 2.75) is 82.5 Å². The molecule has 0 radical (unpaired) electrons. The van der Waals surface area contributed by atoms with Crippen LogP contribution in [0.5, 0.6) is 0 Å². The maximum Gasteiger partial charge on any atom is 1.00 e. The van der Waals surface area contributed by atoms with Gasteiger partial charge in [0, 0.05) is 19.1 Å². The predicted molar refractivity (Wildman–Crippen MR) is 179 cm³/mol. The van der Waals surface area contributed by atoms with Crippen LogP contribution >= 0.6 is 0 Å². The molecule has 29 N–H and O–H groups in total. The molecular weight excluding hydrogens is 608 g/mol. The summed E-state index contributed by atoms with van der Waals surface area (Å²) in [6.07, 6.45) is 4.96. The number of guanidine groups is 4. The van der Waals surface area contributed by atoms with Crippen LogP contribution in [0.3, 0.4) is 0 Å². The summed E-state index contributed by atoms with van der Waals surface area (Å²) in [5.41, 5.74) is 61.9. The van der Waals surface area contributed by atoms with Gasteiger partial charge in [-0.15, -0.1) is 0 Å². The second-order valence-corrected chi connectivity index (χ2v) is 9.76. The topological polar surface area (TPSA) is 477 Å². The van der Waals surface area contributed by atoms with Gasteiger partial charge >= 0.3 is 32.7 Å². The first kappa shape index (κ1) is 48.2. The fourth-order valence-corrected chi connectivity index (χ4v) is 2.62. The van der Waals surface area contributed by atoms with Crippen molar-refractivity contribution in [2.24, 2.45) is 78.8 Å². The smallest absolute Gasteiger partial charge is 0.480 e. The molecule has 4 atom stereocenters. The Bertz CT molecular complexity index is 846. The first-order valence-electron chi connectivity index (χ1n) is 14.3. The Labute approximate surface area is 272 Å². The van der Waals surface area contributed by atoms with Crippen LogP contribution in [0.2, 0.25) is 0 Å². The molecule has 0 fully saturated rings. The molecule has 22 nitrogen and oxygen atoms in total. The molecule has 0 aromatic heterocycles. The minimum atomic E-state index is -1.00. The van der Waals surface area contributed by atoms with E-state index in [1.807, 2.05) is 6.92 Å². The van der Waals surface area contributed by atoms with E-state index in [9.17, 15) is 14.4 Å². The molecule has 0 aromatic rings. The van der Waals surface area contributed by atoms with Crippen molar-refractivity contribution >= 4 is 41.7 Å². The van der Waals surface area contributed by atoms with Gasteiger partial charge in [-0.25, -0.2) is 0 Å². The molecule has 0 saturated heterocycles. The van der Waals surface area contributed by atoms with E-state index in [1.54, 1.807) is 0 Å². The summed E-state index contributed by atoms with van der Waals surface area (Å²) in [4.78, 5) is 43.5. The first-order chi connectivity index (χ1) is 21.2. The van der Waals surface area contributed by atoms with Crippen molar-refractivity contribution in [2.75, 3.05) is 26.2 Å². The zero-order valence-electron chi connectivity index (χ0n) is 28.7. The molecule has 0 aliphatic carbocycles. The zero-order chi connectivity index (χ0) is 36.7. The van der Waals surface area contributed by atoms with Crippen molar-refractivity contribution in [1.82, 2.24) is 0 Å². The van der Waals surface area contributed by atoms with Crippen molar-refractivity contribution in [3.05, 3.63) is 0 Å². The van der Waals surface area contributed by atoms with Gasteiger partial charge in [-0.05, 0) is 58.3 Å². The highest BCUT2D eigenvalue weighted by molar-refractivity contribution is 5.76. The first-order valence-corrected chi connectivity index (χ1v) is 14.3. The van der Waals surface area contributed by atoms with E-state index in [2.05, 4.69) is 20.0 Å². The molecule has 0 amide bonds. The Kier molecular flexibility index (Phi) is 33.3. The third-order valence-electron chi connectivity index (χ3n) is 5.07. The summed E-state index contributed by atoms with van der Waals surface area (Å²) in [5.74, 6) is -2.53. The molecule has 0 aliphatic rings. The lowest BCUT2D eigenvalue weighted by Crippen LogP contribution is -2.78. The molecule has 22 heteroatoms. The molecule has 0 saturated carbocycles. The van der Waals surface area contributed by atoms with Gasteiger partial charge in [0.25, 0.3) is 0 Å². The average Bonchev–Trinajstić information content (AvgIpc) is 2.93. The number of carboxylic acid groups (broad SMARTS) is 3. The van der Waals surface area contributed by atoms with Gasteiger partial charge in [-0.1, -0.05) is 0 Å². The van der Waals surface area contributed by atoms with E-state index in [0.29, 0.717) is 64.7 Å². The normalized spacial score (nSPS) is 12.2. The highest BCUT2D eigenvalue weighted by atomic mass is 16.4. The summed E-state index contributed by atoms with van der Waals surface area (Å²) >= 11 is 0. The lowest BCUT2D eigenvalue weighted by Gasteiger charge is -2.03. The fourth-order valence-electron chi connectivity index (χ4n) is 2.62. The van der Waals surface area contributed by atoms with Crippen LogP contribution in [0.25, 0.3) is 0 Å². The number of carbonyl (C=O) groups is 3. The van der Waals surface area contributed by atoms with Gasteiger partial charge in [0.2, 0.25) is 0 Å². The summed E-state index contributed by atoms with van der Waals surface area (Å²) in [5, 5.41) is 25.2. The number of hydrogen-bond donors (Lipinski definition) is 17. The average molecular weight is 671 g/mol. The third-order valence-corrected chi connectivity index (χ3v) is 5.07. The van der Waals surface area contributed by atoms with Gasteiger partial charge in [0.05, 0.1) is 13.1 Å². The van der Waals surface area contributed by atoms with E-state index in [1.165, 1.54) is 0 Å². The molecule has 0 bridgehead atoms. The van der Waals surface area contributed by atoms with Gasteiger partial charge in [-0.3, -0.25) is 57.3 Å². The highest BCUT2D eigenvalue weighted by Crippen LogP contribution is 1.95. The number of nitrogens with one attached hydrogen (secondary N) is 2. The summed E-state index contributed by atoms with van der Waals surface area (Å²) in [6.45, 7) is 4.16. The fraction of sp³-hybridized carbons (Fsp3) is 0.708. The summed E-state index contributed by atoms with van der Waals surface area (Å²) < 4.78 is 0. The van der Waals surface area contributed by atoms with Gasteiger partial charge < -0.3 is 61.2 Å². The van der Waals surface area contributed by atoms with E-state index in [4.69, 9.17) is 84.1 Å². The molecule has 0 rings (SSSR count). The van der Waals surface area contributed by atoms with E-state index < -0.39 is 36.0 Å². The van der Waals surface area contributed by atoms with Crippen molar-refractivity contribution in [3.8, 4) is 0 Å². The number of nitrogens with zero attached hydrogens (tertiary/aromatic N) is 2. The van der Waals surface area contributed by atoms with Crippen molar-refractivity contribution < 1.29 is 42.5 Å². The largest absolute Gasteiger partial charge is 1.00 e. The van der Waals surface area contributed by atoms with Crippen LogP contribution in [0.15, 0.2) is 9.98 Å². The van der Waals surface area contributed by atoms with E-state index in [-0.39, 0.29) is 32.7 Å². The monoisotopic (exact) mass is 671 g/mol. The maximum atomic E-state index is 10.2. The number of rotatable bonds is 19.